The Balaban J connectivity index is 1.75. The van der Waals surface area contributed by atoms with Crippen molar-refractivity contribution in [3.8, 4) is 0 Å². The summed E-state index contributed by atoms with van der Waals surface area (Å²) in [5.74, 6) is -6.03. The fourth-order valence-corrected chi connectivity index (χ4v) is 2.56. The number of para-hydroxylation sites is 1. The second-order valence-electron chi connectivity index (χ2n) is 5.52. The van der Waals surface area contributed by atoms with Gasteiger partial charge in [-0.25, -0.2) is 0 Å². The molecule has 2 aromatic carbocycles. The highest BCUT2D eigenvalue weighted by Gasteiger charge is 2.41. The van der Waals surface area contributed by atoms with E-state index in [0.717, 1.165) is 17.6 Å². The standard InChI is InChI=1S/C18H15F2N3O2/c1-23-11-14(13-9-5-6-10-15(13)23)16(24)21-22-17(25)18(19,20)12-7-3-2-4-8-12/h2-11H,1H3,(H,21,24)(H,22,25). The largest absolute Gasteiger partial charge is 0.351 e. The van der Waals surface area contributed by atoms with E-state index >= 15 is 0 Å². The number of carbonyl (C=O) groups excluding carboxylic acids is 2. The number of nitrogens with zero attached hydrogens (tertiary/aromatic N) is 1. The minimum Gasteiger partial charge on any atom is -0.350 e. The van der Waals surface area contributed by atoms with Crippen molar-refractivity contribution >= 4 is 22.7 Å². The van der Waals surface area contributed by atoms with E-state index in [1.54, 1.807) is 41.4 Å². The molecular formula is C18H15F2N3O2. The molecule has 7 heteroatoms. The molecular weight excluding hydrogens is 328 g/mol. The smallest absolute Gasteiger partial charge is 0.350 e. The van der Waals surface area contributed by atoms with Crippen molar-refractivity contribution in [2.45, 2.75) is 5.92 Å². The van der Waals surface area contributed by atoms with Crippen molar-refractivity contribution in [1.29, 1.82) is 0 Å². The van der Waals surface area contributed by atoms with Gasteiger partial charge in [0, 0.05) is 29.7 Å². The van der Waals surface area contributed by atoms with Crippen LogP contribution in [0.1, 0.15) is 15.9 Å². The van der Waals surface area contributed by atoms with Gasteiger partial charge in [-0.05, 0) is 6.07 Å². The zero-order valence-corrected chi connectivity index (χ0v) is 13.3. The number of benzene rings is 2. The second-order valence-corrected chi connectivity index (χ2v) is 5.52. The van der Waals surface area contributed by atoms with Crippen LogP contribution >= 0.6 is 0 Å². The normalized spacial score (nSPS) is 11.3. The van der Waals surface area contributed by atoms with Crippen LogP contribution in [-0.2, 0) is 17.8 Å². The predicted octanol–water partition coefficient (Wildman–Crippen LogP) is 2.73. The third-order valence-electron chi connectivity index (χ3n) is 3.85. The zero-order valence-electron chi connectivity index (χ0n) is 13.3. The lowest BCUT2D eigenvalue weighted by Gasteiger charge is -2.16. The van der Waals surface area contributed by atoms with Crippen LogP contribution in [-0.4, -0.2) is 16.4 Å². The molecule has 25 heavy (non-hydrogen) atoms. The number of aryl methyl sites for hydroxylation is 1. The fraction of sp³-hybridized carbons (Fsp3) is 0.111. The molecule has 0 bridgehead atoms. The topological polar surface area (TPSA) is 63.1 Å². The Hall–Kier alpha value is -3.22. The molecule has 0 saturated carbocycles. The van der Waals surface area contributed by atoms with Crippen LogP contribution in [0.2, 0.25) is 0 Å². The number of hydrazine groups is 1. The van der Waals surface area contributed by atoms with Gasteiger partial charge in [-0.3, -0.25) is 20.4 Å². The maximum atomic E-state index is 14.1. The van der Waals surface area contributed by atoms with Crippen molar-refractivity contribution in [3.63, 3.8) is 0 Å². The van der Waals surface area contributed by atoms with Gasteiger partial charge in [0.15, 0.2) is 0 Å². The summed E-state index contributed by atoms with van der Waals surface area (Å²) in [6.07, 6.45) is 1.57. The predicted molar refractivity (Wildman–Crippen MR) is 88.9 cm³/mol. The monoisotopic (exact) mass is 343 g/mol. The number of aromatic nitrogens is 1. The van der Waals surface area contributed by atoms with Crippen molar-refractivity contribution in [1.82, 2.24) is 15.4 Å². The molecule has 0 aliphatic carbocycles. The Morgan fingerprint density at radius 1 is 0.960 bits per heavy atom. The van der Waals surface area contributed by atoms with E-state index in [0.29, 0.717) is 5.39 Å². The highest BCUT2D eigenvalue weighted by Crippen LogP contribution is 2.27. The SMILES string of the molecule is Cn1cc(C(=O)NNC(=O)C(F)(F)c2ccccc2)c2ccccc21. The molecule has 0 unspecified atom stereocenters. The van der Waals surface area contributed by atoms with E-state index in [9.17, 15) is 18.4 Å². The summed E-state index contributed by atoms with van der Waals surface area (Å²) in [6, 6.07) is 13.8. The Kier molecular flexibility index (Phi) is 4.22. The van der Waals surface area contributed by atoms with Crippen LogP contribution in [0.25, 0.3) is 10.9 Å². The highest BCUT2D eigenvalue weighted by atomic mass is 19.3. The molecule has 0 radical (unpaired) electrons. The lowest BCUT2D eigenvalue weighted by atomic mass is 10.1. The molecule has 2 amide bonds. The van der Waals surface area contributed by atoms with Crippen LogP contribution in [0, 0.1) is 0 Å². The fourth-order valence-electron chi connectivity index (χ4n) is 2.56. The molecule has 0 fully saturated rings. The number of nitrogens with one attached hydrogen (secondary N) is 2. The van der Waals surface area contributed by atoms with Gasteiger partial charge in [0.25, 0.3) is 5.91 Å². The molecule has 5 nitrogen and oxygen atoms in total. The number of fused-ring (bicyclic) bond motifs is 1. The molecule has 0 saturated heterocycles. The number of amides is 2. The summed E-state index contributed by atoms with van der Waals surface area (Å²) in [6.45, 7) is 0. The van der Waals surface area contributed by atoms with Crippen LogP contribution in [0.15, 0.2) is 60.8 Å². The van der Waals surface area contributed by atoms with Gasteiger partial charge in [0.1, 0.15) is 0 Å². The molecule has 2 N–H and O–H groups in total. The van der Waals surface area contributed by atoms with E-state index in [2.05, 4.69) is 0 Å². The maximum absolute atomic E-state index is 14.1. The van der Waals surface area contributed by atoms with Crippen molar-refractivity contribution in [2.75, 3.05) is 0 Å². The summed E-state index contributed by atoms with van der Waals surface area (Å²) < 4.78 is 29.9. The molecule has 128 valence electrons. The number of rotatable bonds is 3. The van der Waals surface area contributed by atoms with Gasteiger partial charge in [-0.1, -0.05) is 48.5 Å². The molecule has 1 heterocycles. The summed E-state index contributed by atoms with van der Waals surface area (Å²) in [4.78, 5) is 24.0. The quantitative estimate of drug-likeness (QED) is 0.718. The van der Waals surface area contributed by atoms with Crippen LogP contribution in [0.5, 0.6) is 0 Å². The summed E-state index contributed by atoms with van der Waals surface area (Å²) in [5, 5.41) is 0.659. The summed E-state index contributed by atoms with van der Waals surface area (Å²) in [7, 11) is 1.77. The molecule has 0 aliphatic heterocycles. The van der Waals surface area contributed by atoms with E-state index in [-0.39, 0.29) is 5.56 Å². The first-order chi connectivity index (χ1) is 11.9. The van der Waals surface area contributed by atoms with Crippen LogP contribution < -0.4 is 10.9 Å². The Bertz CT molecular complexity index is 936. The lowest BCUT2D eigenvalue weighted by molar-refractivity contribution is -0.147. The minimum atomic E-state index is -3.76. The van der Waals surface area contributed by atoms with Crippen LogP contribution in [0.3, 0.4) is 0 Å². The lowest BCUT2D eigenvalue weighted by Crippen LogP contribution is -2.48. The number of alkyl halides is 2. The van der Waals surface area contributed by atoms with Gasteiger partial charge in [0.2, 0.25) is 0 Å². The first-order valence-corrected chi connectivity index (χ1v) is 7.49. The average Bonchev–Trinajstić information content (AvgIpc) is 2.97. The van der Waals surface area contributed by atoms with Gasteiger partial charge >= 0.3 is 11.8 Å². The van der Waals surface area contributed by atoms with Crippen molar-refractivity contribution < 1.29 is 18.4 Å². The summed E-state index contributed by atoms with van der Waals surface area (Å²) in [5.41, 5.74) is 4.48. The van der Waals surface area contributed by atoms with Crippen LogP contribution in [0.4, 0.5) is 8.78 Å². The first-order valence-electron chi connectivity index (χ1n) is 7.49. The number of carbonyl (C=O) groups is 2. The molecule has 0 spiro atoms. The van der Waals surface area contributed by atoms with E-state index in [1.165, 1.54) is 12.1 Å². The van der Waals surface area contributed by atoms with Gasteiger partial charge in [0.05, 0.1) is 5.56 Å². The van der Waals surface area contributed by atoms with Crippen molar-refractivity contribution in [2.24, 2.45) is 7.05 Å². The van der Waals surface area contributed by atoms with Crippen molar-refractivity contribution in [3.05, 3.63) is 71.9 Å². The molecule has 3 rings (SSSR count). The minimum absolute atomic E-state index is 0.279. The van der Waals surface area contributed by atoms with Gasteiger partial charge < -0.3 is 4.57 Å². The zero-order chi connectivity index (χ0) is 18.0. The molecule has 1 aromatic heterocycles. The second kappa shape index (κ2) is 6.35. The third kappa shape index (κ3) is 3.08. The molecule has 0 aliphatic rings. The van der Waals surface area contributed by atoms with Gasteiger partial charge in [-0.15, -0.1) is 0 Å². The number of hydrogen-bond donors (Lipinski definition) is 2. The first kappa shape index (κ1) is 16.6. The highest BCUT2D eigenvalue weighted by molar-refractivity contribution is 6.07. The van der Waals surface area contributed by atoms with Gasteiger partial charge in [-0.2, -0.15) is 8.78 Å². The third-order valence-corrected chi connectivity index (χ3v) is 3.85. The summed E-state index contributed by atoms with van der Waals surface area (Å²) >= 11 is 0. The van der Waals surface area contributed by atoms with E-state index in [1.807, 2.05) is 17.6 Å². The van der Waals surface area contributed by atoms with E-state index < -0.39 is 23.3 Å². The number of halogens is 2. The molecule has 3 aromatic rings. The maximum Gasteiger partial charge on any atom is 0.351 e. The Labute approximate surface area is 142 Å². The average molecular weight is 343 g/mol. The van der Waals surface area contributed by atoms with E-state index in [4.69, 9.17) is 0 Å². The number of hydrogen-bond acceptors (Lipinski definition) is 2. The Morgan fingerprint density at radius 2 is 1.60 bits per heavy atom. The Morgan fingerprint density at radius 3 is 2.32 bits per heavy atom. The molecule has 0 atom stereocenters.